The number of furan rings is 1. The zero-order valence-corrected chi connectivity index (χ0v) is 18.1. The van der Waals surface area contributed by atoms with Crippen LogP contribution in [0, 0.1) is 0 Å². The van der Waals surface area contributed by atoms with E-state index in [2.05, 4.69) is 88.7 Å². The quantitative estimate of drug-likeness (QED) is 0.256. The topological polar surface area (TPSA) is 28.9 Å². The molecule has 0 saturated heterocycles. The second-order valence-electron chi connectivity index (χ2n) is 8.63. The van der Waals surface area contributed by atoms with Crippen LogP contribution in [0.15, 0.2) is 114 Å². The van der Waals surface area contributed by atoms with Gasteiger partial charge in [-0.1, -0.05) is 48.5 Å². The molecule has 160 valence electrons. The zero-order valence-electron chi connectivity index (χ0n) is 18.1. The smallest absolute Gasteiger partial charge is 0.153 e. The van der Waals surface area contributed by atoms with E-state index in [1.165, 1.54) is 0 Å². The molecule has 4 nitrogen and oxygen atoms in total. The molecule has 0 spiro atoms. The van der Waals surface area contributed by atoms with Gasteiger partial charge in [0.2, 0.25) is 0 Å². The van der Waals surface area contributed by atoms with Crippen molar-refractivity contribution in [1.82, 2.24) is 0 Å². The lowest BCUT2D eigenvalue weighted by atomic mass is 10.0. The summed E-state index contributed by atoms with van der Waals surface area (Å²) in [6, 6.07) is 37.7. The Morgan fingerprint density at radius 2 is 1.15 bits per heavy atom. The summed E-state index contributed by atoms with van der Waals surface area (Å²) in [5.41, 5.74) is 8.30. The Hall–Kier alpha value is -4.70. The van der Waals surface area contributed by atoms with E-state index in [1.54, 1.807) is 0 Å². The molecule has 5 aromatic carbocycles. The fourth-order valence-corrected chi connectivity index (χ4v) is 5.32. The van der Waals surface area contributed by atoms with Crippen molar-refractivity contribution in [2.24, 2.45) is 0 Å². The maximum Gasteiger partial charge on any atom is 0.153 e. The van der Waals surface area contributed by atoms with Gasteiger partial charge in [0, 0.05) is 16.5 Å². The van der Waals surface area contributed by atoms with Gasteiger partial charge >= 0.3 is 0 Å². The highest BCUT2D eigenvalue weighted by atomic mass is 16.5. The SMILES string of the molecule is c1ccc2c(c1)Oc1cccc3c1N2c1ccccc1N3c1ccc2oc3ccccc3c2c1. The first-order valence-corrected chi connectivity index (χ1v) is 11.4. The van der Waals surface area contributed by atoms with Gasteiger partial charge in [0.15, 0.2) is 11.5 Å². The number of anilines is 6. The summed E-state index contributed by atoms with van der Waals surface area (Å²) in [5, 5.41) is 2.23. The van der Waals surface area contributed by atoms with Crippen molar-refractivity contribution in [3.63, 3.8) is 0 Å². The molecule has 0 saturated carbocycles. The standard InChI is InChI=1S/C30H18N2O2/c1-5-13-26-20(8-1)21-18-19(16-17-27(21)33-26)31-22-9-2-3-10-23(22)32-24-11-4-6-14-28(24)34-29-15-7-12-25(31)30(29)32/h1-18H. The summed E-state index contributed by atoms with van der Waals surface area (Å²) in [7, 11) is 0. The van der Waals surface area contributed by atoms with Crippen LogP contribution in [0.2, 0.25) is 0 Å². The zero-order chi connectivity index (χ0) is 22.2. The van der Waals surface area contributed by atoms with Gasteiger partial charge in [0.05, 0.1) is 22.7 Å². The van der Waals surface area contributed by atoms with Gasteiger partial charge in [0.25, 0.3) is 0 Å². The summed E-state index contributed by atoms with van der Waals surface area (Å²) >= 11 is 0. The molecule has 1 aromatic heterocycles. The number of benzene rings is 5. The fraction of sp³-hybridized carbons (Fsp3) is 0. The van der Waals surface area contributed by atoms with Gasteiger partial charge in [-0.05, 0) is 60.7 Å². The average molecular weight is 438 g/mol. The molecular formula is C30H18N2O2. The number of ether oxygens (including phenoxy) is 1. The molecule has 0 unspecified atom stereocenters. The second-order valence-corrected chi connectivity index (χ2v) is 8.63. The van der Waals surface area contributed by atoms with Crippen LogP contribution in [0.1, 0.15) is 0 Å². The summed E-state index contributed by atoms with van der Waals surface area (Å²) in [5.74, 6) is 1.72. The molecule has 6 aromatic rings. The Morgan fingerprint density at radius 1 is 0.471 bits per heavy atom. The number of fused-ring (bicyclic) bond motifs is 7. The first-order valence-electron chi connectivity index (χ1n) is 11.4. The molecule has 2 aliphatic heterocycles. The Kier molecular flexibility index (Phi) is 3.36. The molecule has 0 radical (unpaired) electrons. The van der Waals surface area contributed by atoms with Crippen molar-refractivity contribution in [3.8, 4) is 11.5 Å². The lowest BCUT2D eigenvalue weighted by Gasteiger charge is -2.43. The normalized spacial score (nSPS) is 13.4. The fourth-order valence-electron chi connectivity index (χ4n) is 5.32. The van der Waals surface area contributed by atoms with E-state index in [-0.39, 0.29) is 0 Å². The summed E-state index contributed by atoms with van der Waals surface area (Å²) in [6.07, 6.45) is 0. The van der Waals surface area contributed by atoms with Gasteiger partial charge < -0.3 is 14.1 Å². The minimum atomic E-state index is 0.852. The van der Waals surface area contributed by atoms with Crippen LogP contribution in [0.3, 0.4) is 0 Å². The van der Waals surface area contributed by atoms with Crippen molar-refractivity contribution in [3.05, 3.63) is 109 Å². The number of rotatable bonds is 1. The molecular weight excluding hydrogens is 420 g/mol. The molecule has 2 aliphatic rings. The van der Waals surface area contributed by atoms with Crippen molar-refractivity contribution in [1.29, 1.82) is 0 Å². The molecule has 3 heterocycles. The van der Waals surface area contributed by atoms with E-state index < -0.39 is 0 Å². The molecule has 0 atom stereocenters. The number of hydrogen-bond acceptors (Lipinski definition) is 4. The first-order chi connectivity index (χ1) is 16.9. The number of hydrogen-bond donors (Lipinski definition) is 0. The molecule has 0 bridgehead atoms. The third-order valence-electron chi connectivity index (χ3n) is 6.75. The maximum absolute atomic E-state index is 6.36. The maximum atomic E-state index is 6.36. The molecule has 4 heteroatoms. The lowest BCUT2D eigenvalue weighted by molar-refractivity contribution is 0.477. The lowest BCUT2D eigenvalue weighted by Crippen LogP contribution is -2.26. The molecule has 0 fully saturated rings. The predicted molar refractivity (Wildman–Crippen MR) is 137 cm³/mol. The van der Waals surface area contributed by atoms with Gasteiger partial charge in [0.1, 0.15) is 16.9 Å². The van der Waals surface area contributed by atoms with E-state index in [1.807, 2.05) is 30.3 Å². The van der Waals surface area contributed by atoms with E-state index in [4.69, 9.17) is 9.15 Å². The van der Waals surface area contributed by atoms with Gasteiger partial charge in [-0.3, -0.25) is 4.90 Å². The minimum absolute atomic E-state index is 0.852. The van der Waals surface area contributed by atoms with Crippen molar-refractivity contribution in [2.45, 2.75) is 0 Å². The Labute approximate surface area is 195 Å². The number of para-hydroxylation sites is 6. The van der Waals surface area contributed by atoms with E-state index >= 15 is 0 Å². The highest BCUT2D eigenvalue weighted by molar-refractivity contribution is 6.09. The van der Waals surface area contributed by atoms with Crippen LogP contribution < -0.4 is 14.5 Å². The van der Waals surface area contributed by atoms with Gasteiger partial charge in [-0.15, -0.1) is 0 Å². The van der Waals surface area contributed by atoms with Crippen molar-refractivity contribution < 1.29 is 9.15 Å². The van der Waals surface area contributed by atoms with E-state index in [0.717, 1.165) is 67.6 Å². The minimum Gasteiger partial charge on any atom is -0.456 e. The van der Waals surface area contributed by atoms with E-state index in [0.29, 0.717) is 0 Å². The van der Waals surface area contributed by atoms with Crippen LogP contribution in [0.25, 0.3) is 21.9 Å². The summed E-state index contributed by atoms with van der Waals surface area (Å²) in [4.78, 5) is 4.64. The van der Waals surface area contributed by atoms with E-state index in [9.17, 15) is 0 Å². The van der Waals surface area contributed by atoms with Crippen molar-refractivity contribution >= 4 is 56.1 Å². The second kappa shape index (κ2) is 6.42. The summed E-state index contributed by atoms with van der Waals surface area (Å²) in [6.45, 7) is 0. The third-order valence-corrected chi connectivity index (χ3v) is 6.75. The molecule has 8 rings (SSSR count). The van der Waals surface area contributed by atoms with Crippen molar-refractivity contribution in [2.75, 3.05) is 9.80 Å². The Morgan fingerprint density at radius 3 is 2.06 bits per heavy atom. The van der Waals surface area contributed by atoms with Crippen LogP contribution in [-0.4, -0.2) is 0 Å². The molecule has 0 amide bonds. The molecule has 0 aliphatic carbocycles. The molecule has 34 heavy (non-hydrogen) atoms. The van der Waals surface area contributed by atoms with Crippen LogP contribution in [0.5, 0.6) is 11.5 Å². The van der Waals surface area contributed by atoms with Gasteiger partial charge in [-0.2, -0.15) is 0 Å². The molecule has 0 N–H and O–H groups in total. The predicted octanol–water partition coefficient (Wildman–Crippen LogP) is 8.94. The summed E-state index contributed by atoms with van der Waals surface area (Å²) < 4.78 is 12.4. The monoisotopic (exact) mass is 438 g/mol. The van der Waals surface area contributed by atoms with Crippen LogP contribution in [-0.2, 0) is 0 Å². The Bertz CT molecular complexity index is 1770. The number of nitrogens with zero attached hydrogens (tertiary/aromatic N) is 2. The highest BCUT2D eigenvalue weighted by Gasteiger charge is 2.36. The average Bonchev–Trinajstić information content (AvgIpc) is 3.26. The largest absolute Gasteiger partial charge is 0.456 e. The van der Waals surface area contributed by atoms with Crippen LogP contribution >= 0.6 is 0 Å². The van der Waals surface area contributed by atoms with Gasteiger partial charge in [-0.25, -0.2) is 0 Å². The Balaban J connectivity index is 1.42. The first kappa shape index (κ1) is 17.8. The third kappa shape index (κ3) is 2.27. The highest BCUT2D eigenvalue weighted by Crippen LogP contribution is 2.61. The van der Waals surface area contributed by atoms with Crippen LogP contribution in [0.4, 0.5) is 34.1 Å².